The second kappa shape index (κ2) is 7.16. The fraction of sp³-hybridized carbons (Fsp3) is 0.353. The number of nitrogens with zero attached hydrogens (tertiary/aromatic N) is 2. The Morgan fingerprint density at radius 3 is 2.58 bits per heavy atom. The average molecular weight is 328 g/mol. The standard InChI is InChI=1S/C17H20N4O3/c1-23-14-6-3-11(7-15(14)24-2)8-19-16-10-18-13(9-20-16)17(22)21-12-4-5-12/h3,6-7,9-10,12H,4-5,8H2,1-2H3,(H,19,20)(H,21,22). The largest absolute Gasteiger partial charge is 0.493 e. The highest BCUT2D eigenvalue weighted by atomic mass is 16.5. The zero-order valence-corrected chi connectivity index (χ0v) is 13.7. The Kier molecular flexibility index (Phi) is 4.79. The van der Waals surface area contributed by atoms with Crippen molar-refractivity contribution in [3.05, 3.63) is 41.9 Å². The fourth-order valence-electron chi connectivity index (χ4n) is 2.21. The van der Waals surface area contributed by atoms with Crippen LogP contribution in [0.15, 0.2) is 30.6 Å². The third kappa shape index (κ3) is 3.92. The number of anilines is 1. The van der Waals surface area contributed by atoms with E-state index in [9.17, 15) is 4.79 Å². The number of carbonyl (C=O) groups excluding carboxylic acids is 1. The zero-order chi connectivity index (χ0) is 16.9. The molecular weight excluding hydrogens is 308 g/mol. The van der Waals surface area contributed by atoms with Gasteiger partial charge in [-0.3, -0.25) is 4.79 Å². The Hall–Kier alpha value is -2.83. The number of ether oxygens (including phenoxy) is 2. The van der Waals surface area contributed by atoms with Gasteiger partial charge in [-0.2, -0.15) is 0 Å². The predicted octanol–water partition coefficient (Wildman–Crippen LogP) is 2.00. The lowest BCUT2D eigenvalue weighted by Gasteiger charge is -2.10. The molecule has 2 aromatic rings. The van der Waals surface area contributed by atoms with Gasteiger partial charge < -0.3 is 20.1 Å². The first-order chi connectivity index (χ1) is 11.7. The summed E-state index contributed by atoms with van der Waals surface area (Å²) in [6.45, 7) is 0.558. The van der Waals surface area contributed by atoms with Crippen LogP contribution < -0.4 is 20.1 Å². The van der Waals surface area contributed by atoms with Crippen LogP contribution in [0.25, 0.3) is 0 Å². The Bertz CT molecular complexity index is 714. The molecule has 24 heavy (non-hydrogen) atoms. The summed E-state index contributed by atoms with van der Waals surface area (Å²) in [5.41, 5.74) is 1.35. The van der Waals surface area contributed by atoms with Crippen molar-refractivity contribution >= 4 is 11.7 Å². The van der Waals surface area contributed by atoms with Crippen molar-refractivity contribution in [2.45, 2.75) is 25.4 Å². The summed E-state index contributed by atoms with van der Waals surface area (Å²) in [7, 11) is 3.21. The molecule has 1 aliphatic carbocycles. The van der Waals surface area contributed by atoms with Gasteiger partial charge in [0.15, 0.2) is 11.5 Å². The van der Waals surface area contributed by atoms with Crippen LogP contribution in [0.1, 0.15) is 28.9 Å². The van der Waals surface area contributed by atoms with E-state index >= 15 is 0 Å². The third-order valence-corrected chi connectivity index (χ3v) is 3.72. The molecule has 1 aliphatic rings. The molecule has 3 rings (SSSR count). The maximum Gasteiger partial charge on any atom is 0.271 e. The van der Waals surface area contributed by atoms with Gasteiger partial charge in [0.25, 0.3) is 5.91 Å². The highest BCUT2D eigenvalue weighted by Gasteiger charge is 2.24. The molecule has 1 aromatic heterocycles. The Labute approximate surface area is 140 Å². The number of benzene rings is 1. The van der Waals surface area contributed by atoms with Crippen LogP contribution in [-0.4, -0.2) is 36.1 Å². The van der Waals surface area contributed by atoms with E-state index in [1.807, 2.05) is 18.2 Å². The van der Waals surface area contributed by atoms with Crippen molar-refractivity contribution in [2.24, 2.45) is 0 Å². The van der Waals surface area contributed by atoms with Gasteiger partial charge in [-0.25, -0.2) is 9.97 Å². The quantitative estimate of drug-likeness (QED) is 0.808. The molecular formula is C17H20N4O3. The lowest BCUT2D eigenvalue weighted by Crippen LogP contribution is -2.26. The van der Waals surface area contributed by atoms with Crippen LogP contribution in [0.3, 0.4) is 0 Å². The van der Waals surface area contributed by atoms with Gasteiger partial charge in [0, 0.05) is 12.6 Å². The molecule has 7 heteroatoms. The van der Waals surface area contributed by atoms with Gasteiger partial charge in [0.05, 0.1) is 26.6 Å². The molecule has 0 atom stereocenters. The van der Waals surface area contributed by atoms with Gasteiger partial charge in [-0.05, 0) is 30.5 Å². The topological polar surface area (TPSA) is 85.4 Å². The Morgan fingerprint density at radius 2 is 1.96 bits per heavy atom. The summed E-state index contributed by atoms with van der Waals surface area (Å²) in [5, 5.41) is 6.05. The van der Waals surface area contributed by atoms with Crippen LogP contribution in [0.4, 0.5) is 5.82 Å². The van der Waals surface area contributed by atoms with Crippen LogP contribution in [0.2, 0.25) is 0 Å². The normalized spacial score (nSPS) is 13.2. The molecule has 1 saturated carbocycles. The monoisotopic (exact) mass is 328 g/mol. The average Bonchev–Trinajstić information content (AvgIpc) is 3.44. The molecule has 0 spiro atoms. The highest BCUT2D eigenvalue weighted by Crippen LogP contribution is 2.27. The highest BCUT2D eigenvalue weighted by molar-refractivity contribution is 5.92. The summed E-state index contributed by atoms with van der Waals surface area (Å²) < 4.78 is 10.5. The lowest BCUT2D eigenvalue weighted by atomic mass is 10.2. The molecule has 0 saturated heterocycles. The van der Waals surface area contributed by atoms with Crippen molar-refractivity contribution < 1.29 is 14.3 Å². The van der Waals surface area contributed by atoms with Crippen molar-refractivity contribution in [2.75, 3.05) is 19.5 Å². The molecule has 0 aliphatic heterocycles. The number of aromatic nitrogens is 2. The van der Waals surface area contributed by atoms with Gasteiger partial charge in [-0.15, -0.1) is 0 Å². The van der Waals surface area contributed by atoms with E-state index in [1.165, 1.54) is 6.20 Å². The van der Waals surface area contributed by atoms with E-state index in [0.29, 0.717) is 35.6 Å². The molecule has 0 unspecified atom stereocenters. The molecule has 126 valence electrons. The van der Waals surface area contributed by atoms with Gasteiger partial charge in [-0.1, -0.05) is 6.07 Å². The minimum absolute atomic E-state index is 0.170. The lowest BCUT2D eigenvalue weighted by molar-refractivity contribution is 0.0945. The minimum atomic E-state index is -0.170. The van der Waals surface area contributed by atoms with Crippen molar-refractivity contribution in [3.63, 3.8) is 0 Å². The summed E-state index contributed by atoms with van der Waals surface area (Å²) in [6.07, 6.45) is 5.13. The Balaban J connectivity index is 1.59. The number of rotatable bonds is 7. The summed E-state index contributed by atoms with van der Waals surface area (Å²) >= 11 is 0. The molecule has 1 fully saturated rings. The molecule has 2 N–H and O–H groups in total. The molecule has 7 nitrogen and oxygen atoms in total. The zero-order valence-electron chi connectivity index (χ0n) is 13.7. The third-order valence-electron chi connectivity index (χ3n) is 3.72. The number of hydrogen-bond acceptors (Lipinski definition) is 6. The fourth-order valence-corrected chi connectivity index (χ4v) is 2.21. The van der Waals surface area contributed by atoms with Crippen LogP contribution >= 0.6 is 0 Å². The minimum Gasteiger partial charge on any atom is -0.493 e. The van der Waals surface area contributed by atoms with Crippen LogP contribution in [0.5, 0.6) is 11.5 Å². The van der Waals surface area contributed by atoms with Gasteiger partial charge >= 0.3 is 0 Å². The van der Waals surface area contributed by atoms with Crippen LogP contribution in [0, 0.1) is 0 Å². The number of hydrogen-bond donors (Lipinski definition) is 2. The maximum atomic E-state index is 11.9. The first-order valence-electron chi connectivity index (χ1n) is 7.77. The summed E-state index contributed by atoms with van der Waals surface area (Å²) in [6, 6.07) is 6.00. The smallest absolute Gasteiger partial charge is 0.271 e. The van der Waals surface area contributed by atoms with Crippen LogP contribution in [-0.2, 0) is 6.54 Å². The predicted molar refractivity (Wildman–Crippen MR) is 89.4 cm³/mol. The van der Waals surface area contributed by atoms with E-state index in [4.69, 9.17) is 9.47 Å². The molecule has 1 aromatic carbocycles. The van der Waals surface area contributed by atoms with Gasteiger partial charge in [0.2, 0.25) is 0 Å². The molecule has 0 bridgehead atoms. The number of nitrogens with one attached hydrogen (secondary N) is 2. The van der Waals surface area contributed by atoms with E-state index in [1.54, 1.807) is 20.4 Å². The maximum absolute atomic E-state index is 11.9. The SMILES string of the molecule is COc1ccc(CNc2cnc(C(=O)NC3CC3)cn2)cc1OC. The van der Waals surface area contributed by atoms with E-state index in [0.717, 1.165) is 18.4 Å². The molecule has 1 heterocycles. The summed E-state index contributed by atoms with van der Waals surface area (Å²) in [5.74, 6) is 1.80. The first kappa shape index (κ1) is 16.0. The molecule has 0 radical (unpaired) electrons. The summed E-state index contributed by atoms with van der Waals surface area (Å²) in [4.78, 5) is 20.2. The van der Waals surface area contributed by atoms with E-state index < -0.39 is 0 Å². The first-order valence-corrected chi connectivity index (χ1v) is 7.77. The number of methoxy groups -OCH3 is 2. The Morgan fingerprint density at radius 1 is 1.17 bits per heavy atom. The molecule has 1 amide bonds. The van der Waals surface area contributed by atoms with Gasteiger partial charge in [0.1, 0.15) is 11.5 Å². The number of amides is 1. The second-order valence-corrected chi connectivity index (χ2v) is 5.58. The van der Waals surface area contributed by atoms with E-state index in [-0.39, 0.29) is 5.91 Å². The van der Waals surface area contributed by atoms with Crippen molar-refractivity contribution in [1.82, 2.24) is 15.3 Å². The van der Waals surface area contributed by atoms with E-state index in [2.05, 4.69) is 20.6 Å². The van der Waals surface area contributed by atoms with Crippen molar-refractivity contribution in [3.8, 4) is 11.5 Å². The van der Waals surface area contributed by atoms with Crippen molar-refractivity contribution in [1.29, 1.82) is 0 Å². The number of carbonyl (C=O) groups is 1. The second-order valence-electron chi connectivity index (χ2n) is 5.58.